The van der Waals surface area contributed by atoms with E-state index in [0.717, 1.165) is 11.1 Å². The van der Waals surface area contributed by atoms with E-state index in [1.54, 1.807) is 43.9 Å². The number of carbonyl (C=O) groups excluding carboxylic acids is 2. The minimum Gasteiger partial charge on any atom is -0.352 e. The zero-order chi connectivity index (χ0) is 23.5. The molecule has 8 heteroatoms. The molecule has 7 nitrogen and oxygen atoms in total. The lowest BCUT2D eigenvalue weighted by molar-refractivity contribution is -0.129. The number of amides is 2. The fraction of sp³-hybridized carbons (Fsp3) is 0.417. The monoisotopic (exact) mass is 457 g/mol. The van der Waals surface area contributed by atoms with Gasteiger partial charge in [-0.25, -0.2) is 13.1 Å². The van der Waals surface area contributed by atoms with Gasteiger partial charge < -0.3 is 10.2 Å². The summed E-state index contributed by atoms with van der Waals surface area (Å²) in [4.78, 5) is 27.0. The average Bonchev–Trinajstić information content (AvgIpc) is 3.07. The van der Waals surface area contributed by atoms with E-state index in [9.17, 15) is 18.0 Å². The Balaban J connectivity index is 1.63. The highest BCUT2D eigenvalue weighted by Crippen LogP contribution is 2.22. The first kappa shape index (κ1) is 23.9. The predicted octanol–water partition coefficient (Wildman–Crippen LogP) is 2.74. The van der Waals surface area contributed by atoms with E-state index in [4.69, 9.17) is 0 Å². The number of nitrogens with one attached hydrogen (secondary N) is 2. The van der Waals surface area contributed by atoms with Crippen molar-refractivity contribution in [3.8, 4) is 0 Å². The number of hydrogen-bond donors (Lipinski definition) is 2. The van der Waals surface area contributed by atoms with Crippen LogP contribution in [0.25, 0.3) is 0 Å². The molecule has 1 fully saturated rings. The molecule has 172 valence electrons. The van der Waals surface area contributed by atoms with Crippen LogP contribution < -0.4 is 10.0 Å². The molecule has 0 spiro atoms. The van der Waals surface area contributed by atoms with Crippen LogP contribution in [0.4, 0.5) is 0 Å². The van der Waals surface area contributed by atoms with Gasteiger partial charge >= 0.3 is 0 Å². The van der Waals surface area contributed by atoms with E-state index in [0.29, 0.717) is 18.7 Å². The van der Waals surface area contributed by atoms with Crippen molar-refractivity contribution in [2.45, 2.75) is 57.6 Å². The highest BCUT2D eigenvalue weighted by atomic mass is 32.2. The van der Waals surface area contributed by atoms with Gasteiger partial charge in [0.1, 0.15) is 0 Å². The molecule has 0 radical (unpaired) electrons. The van der Waals surface area contributed by atoms with Crippen LogP contribution in [0.5, 0.6) is 0 Å². The van der Waals surface area contributed by atoms with Crippen LogP contribution in [-0.2, 0) is 32.7 Å². The van der Waals surface area contributed by atoms with Gasteiger partial charge in [-0.3, -0.25) is 9.59 Å². The third kappa shape index (κ3) is 6.17. The van der Waals surface area contributed by atoms with E-state index in [2.05, 4.69) is 10.0 Å². The number of benzene rings is 2. The molecule has 2 aromatic carbocycles. The Morgan fingerprint density at radius 3 is 2.41 bits per heavy atom. The highest BCUT2D eigenvalue weighted by molar-refractivity contribution is 7.89. The summed E-state index contributed by atoms with van der Waals surface area (Å²) in [5, 5.41) is 2.82. The van der Waals surface area contributed by atoms with Gasteiger partial charge in [0.25, 0.3) is 0 Å². The molecule has 1 heterocycles. The maximum atomic E-state index is 12.8. The quantitative estimate of drug-likeness (QED) is 0.668. The number of aryl methyl sites for hydroxylation is 1. The normalized spacial score (nSPS) is 16.9. The van der Waals surface area contributed by atoms with E-state index < -0.39 is 21.5 Å². The molecule has 2 amide bonds. The SMILES string of the molecule is Cc1ccc(CN2CC(C(=O)NCc3ccccc3S(=O)(=O)NC(C)(C)C)CC2=O)cc1. The van der Waals surface area contributed by atoms with Gasteiger partial charge in [0.05, 0.1) is 10.8 Å². The van der Waals surface area contributed by atoms with Gasteiger partial charge in [-0.1, -0.05) is 48.0 Å². The van der Waals surface area contributed by atoms with Gasteiger partial charge in [0, 0.05) is 31.6 Å². The van der Waals surface area contributed by atoms with Crippen molar-refractivity contribution in [3.63, 3.8) is 0 Å². The standard InChI is InChI=1S/C24H31N3O4S/c1-17-9-11-18(12-10-17)15-27-16-20(13-22(27)28)23(29)25-14-19-7-5-6-8-21(19)32(30,31)26-24(2,3)4/h5-12,20,26H,13-16H2,1-4H3,(H,25,29). The number of sulfonamides is 1. The van der Waals surface area contributed by atoms with Crippen molar-refractivity contribution >= 4 is 21.8 Å². The maximum Gasteiger partial charge on any atom is 0.241 e. The lowest BCUT2D eigenvalue weighted by Gasteiger charge is -2.22. The smallest absolute Gasteiger partial charge is 0.241 e. The second-order valence-electron chi connectivity index (χ2n) is 9.34. The first-order chi connectivity index (χ1) is 14.9. The minimum absolute atomic E-state index is 0.0527. The summed E-state index contributed by atoms with van der Waals surface area (Å²) in [6, 6.07) is 14.6. The van der Waals surface area contributed by atoms with Gasteiger partial charge in [0.15, 0.2) is 0 Å². The van der Waals surface area contributed by atoms with Crippen molar-refractivity contribution in [2.24, 2.45) is 5.92 Å². The largest absolute Gasteiger partial charge is 0.352 e. The van der Waals surface area contributed by atoms with E-state index in [1.807, 2.05) is 31.2 Å². The van der Waals surface area contributed by atoms with Crippen LogP contribution in [0.1, 0.15) is 43.9 Å². The number of hydrogen-bond acceptors (Lipinski definition) is 4. The van der Waals surface area contributed by atoms with Crippen molar-refractivity contribution in [3.05, 3.63) is 65.2 Å². The van der Waals surface area contributed by atoms with Crippen LogP contribution in [0.15, 0.2) is 53.4 Å². The first-order valence-electron chi connectivity index (χ1n) is 10.7. The molecule has 0 bridgehead atoms. The molecule has 32 heavy (non-hydrogen) atoms. The minimum atomic E-state index is -3.73. The summed E-state index contributed by atoms with van der Waals surface area (Å²) in [5.41, 5.74) is 2.05. The molecule has 1 unspecified atom stereocenters. The summed E-state index contributed by atoms with van der Waals surface area (Å²) in [6.45, 7) is 8.22. The van der Waals surface area contributed by atoms with Crippen molar-refractivity contribution in [1.29, 1.82) is 0 Å². The van der Waals surface area contributed by atoms with Gasteiger partial charge in [-0.05, 0) is 44.9 Å². The fourth-order valence-electron chi connectivity index (χ4n) is 3.71. The Morgan fingerprint density at radius 2 is 1.75 bits per heavy atom. The number of rotatable bonds is 7. The lowest BCUT2D eigenvalue weighted by atomic mass is 10.1. The molecule has 3 rings (SSSR count). The third-order valence-corrected chi connectivity index (χ3v) is 7.09. The van der Waals surface area contributed by atoms with Gasteiger partial charge in [-0.2, -0.15) is 0 Å². The summed E-state index contributed by atoms with van der Waals surface area (Å²) in [5.74, 6) is -0.756. The predicted molar refractivity (Wildman–Crippen MR) is 123 cm³/mol. The van der Waals surface area contributed by atoms with Crippen LogP contribution in [0.2, 0.25) is 0 Å². The van der Waals surface area contributed by atoms with Crippen LogP contribution in [0, 0.1) is 12.8 Å². The zero-order valence-corrected chi connectivity index (χ0v) is 19.8. The molecule has 2 N–H and O–H groups in total. The molecule has 1 saturated heterocycles. The molecular formula is C24H31N3O4S. The second-order valence-corrected chi connectivity index (χ2v) is 11.0. The first-order valence-corrected chi connectivity index (χ1v) is 12.2. The molecule has 0 saturated carbocycles. The Hall–Kier alpha value is -2.71. The molecule has 1 aliphatic heterocycles. The summed E-state index contributed by atoms with van der Waals surface area (Å²) in [6.07, 6.45) is 0.156. The lowest BCUT2D eigenvalue weighted by Crippen LogP contribution is -2.41. The molecular weight excluding hydrogens is 426 g/mol. The van der Waals surface area contributed by atoms with Gasteiger partial charge in [0.2, 0.25) is 21.8 Å². The molecule has 0 aromatic heterocycles. The van der Waals surface area contributed by atoms with E-state index in [-0.39, 0.29) is 29.7 Å². The van der Waals surface area contributed by atoms with E-state index >= 15 is 0 Å². The fourth-order valence-corrected chi connectivity index (χ4v) is 5.37. The van der Waals surface area contributed by atoms with Crippen molar-refractivity contribution in [2.75, 3.05) is 6.54 Å². The average molecular weight is 458 g/mol. The third-order valence-electron chi connectivity index (χ3n) is 5.24. The Morgan fingerprint density at radius 1 is 1.09 bits per heavy atom. The van der Waals surface area contributed by atoms with Gasteiger partial charge in [-0.15, -0.1) is 0 Å². The number of carbonyl (C=O) groups is 2. The molecule has 2 aromatic rings. The van der Waals surface area contributed by atoms with Crippen molar-refractivity contribution in [1.82, 2.24) is 14.9 Å². The maximum absolute atomic E-state index is 12.8. The summed E-state index contributed by atoms with van der Waals surface area (Å²) in [7, 11) is -3.73. The van der Waals surface area contributed by atoms with Crippen LogP contribution in [-0.4, -0.2) is 37.2 Å². The number of nitrogens with zero attached hydrogens (tertiary/aromatic N) is 1. The Kier molecular flexibility index (Phi) is 7.05. The summed E-state index contributed by atoms with van der Waals surface area (Å²) < 4.78 is 28.2. The molecule has 1 atom stereocenters. The molecule has 0 aliphatic carbocycles. The Labute approximate surface area is 190 Å². The number of likely N-dealkylation sites (tertiary alicyclic amines) is 1. The topological polar surface area (TPSA) is 95.6 Å². The van der Waals surface area contributed by atoms with Crippen molar-refractivity contribution < 1.29 is 18.0 Å². The molecule has 1 aliphatic rings. The van der Waals surface area contributed by atoms with Crippen LogP contribution >= 0.6 is 0 Å². The zero-order valence-electron chi connectivity index (χ0n) is 19.0. The summed E-state index contributed by atoms with van der Waals surface area (Å²) >= 11 is 0. The van der Waals surface area contributed by atoms with E-state index in [1.165, 1.54) is 6.07 Å². The highest BCUT2D eigenvalue weighted by Gasteiger charge is 2.34. The Bertz CT molecular complexity index is 1090. The second kappa shape index (κ2) is 9.42. The van der Waals surface area contributed by atoms with Crippen LogP contribution in [0.3, 0.4) is 0 Å².